The molecule has 2 heteroatoms. The molecule has 0 aromatic carbocycles. The van der Waals surface area contributed by atoms with Crippen LogP contribution < -0.4 is 0 Å². The molecule has 0 amide bonds. The van der Waals surface area contributed by atoms with Crippen LogP contribution in [0.1, 0.15) is 25.7 Å². The molecule has 8 heavy (non-hydrogen) atoms. The van der Waals surface area contributed by atoms with Gasteiger partial charge in [0.15, 0.2) is 0 Å². The van der Waals surface area contributed by atoms with Crippen LogP contribution in [0.15, 0.2) is 0 Å². The van der Waals surface area contributed by atoms with Crippen molar-refractivity contribution in [1.82, 2.24) is 0 Å². The van der Waals surface area contributed by atoms with Gasteiger partial charge in [0.05, 0.1) is 11.3 Å². The Morgan fingerprint density at radius 3 is 2.50 bits per heavy atom. The Morgan fingerprint density at radius 1 is 1.38 bits per heavy atom. The molecule has 1 saturated carbocycles. The summed E-state index contributed by atoms with van der Waals surface area (Å²) < 4.78 is 9.95. The summed E-state index contributed by atoms with van der Waals surface area (Å²) in [7, 11) is 0. The third-order valence-electron chi connectivity index (χ3n) is 1.65. The van der Waals surface area contributed by atoms with E-state index in [2.05, 4.69) is 0 Å². The second kappa shape index (κ2) is 3.02. The van der Waals surface area contributed by atoms with E-state index in [1.54, 1.807) is 0 Å². The van der Waals surface area contributed by atoms with Crippen LogP contribution in [-0.2, 0) is 11.3 Å². The third-order valence-corrected chi connectivity index (χ3v) is 2.14. The second-order valence-corrected chi connectivity index (χ2v) is 2.74. The summed E-state index contributed by atoms with van der Waals surface area (Å²) in [5.41, 5.74) is 0. The Balaban J connectivity index is 2.35. The minimum Gasteiger partial charge on any atom is -0.213 e. The SMILES string of the molecule is O=S=CC1CCCC1. The first-order valence-electron chi connectivity index (χ1n) is 3.05. The monoisotopic (exact) mass is 130 g/mol. The Hall–Kier alpha value is -0.110. The number of hydrogen-bond acceptors (Lipinski definition) is 1. The van der Waals surface area contributed by atoms with Gasteiger partial charge in [-0.3, -0.25) is 0 Å². The molecule has 1 aliphatic rings. The van der Waals surface area contributed by atoms with E-state index >= 15 is 0 Å². The molecule has 1 aliphatic carbocycles. The van der Waals surface area contributed by atoms with E-state index in [0.717, 1.165) is 0 Å². The highest BCUT2D eigenvalue weighted by molar-refractivity contribution is 7.64. The van der Waals surface area contributed by atoms with Crippen molar-refractivity contribution >= 4 is 16.6 Å². The molecule has 0 aromatic rings. The Morgan fingerprint density at radius 2 is 2.00 bits per heavy atom. The van der Waals surface area contributed by atoms with E-state index in [9.17, 15) is 4.21 Å². The lowest BCUT2D eigenvalue weighted by molar-refractivity contribution is 0.699. The molecule has 0 unspecified atom stereocenters. The maximum atomic E-state index is 9.95. The zero-order valence-electron chi connectivity index (χ0n) is 4.80. The molecule has 0 aliphatic heterocycles. The third kappa shape index (κ3) is 1.44. The maximum Gasteiger partial charge on any atom is 0.0843 e. The molecule has 0 N–H and O–H groups in total. The van der Waals surface area contributed by atoms with Crippen LogP contribution in [0.5, 0.6) is 0 Å². The van der Waals surface area contributed by atoms with E-state index in [1.165, 1.54) is 25.7 Å². The molecule has 1 rings (SSSR count). The summed E-state index contributed by atoms with van der Waals surface area (Å²) in [6.07, 6.45) is 5.13. The lowest BCUT2D eigenvalue weighted by Crippen LogP contribution is -1.91. The average Bonchev–Trinajstić information content (AvgIpc) is 2.19. The van der Waals surface area contributed by atoms with Crippen molar-refractivity contribution in [3.8, 4) is 0 Å². The van der Waals surface area contributed by atoms with Crippen LogP contribution in [0, 0.1) is 5.92 Å². The van der Waals surface area contributed by atoms with Gasteiger partial charge in [0.25, 0.3) is 0 Å². The van der Waals surface area contributed by atoms with Crippen molar-refractivity contribution in [2.75, 3.05) is 0 Å². The van der Waals surface area contributed by atoms with E-state index in [-0.39, 0.29) is 0 Å². The van der Waals surface area contributed by atoms with Gasteiger partial charge in [-0.05, 0) is 18.8 Å². The summed E-state index contributed by atoms with van der Waals surface area (Å²) in [5.74, 6) is 0.637. The molecule has 0 spiro atoms. The molecule has 0 bridgehead atoms. The van der Waals surface area contributed by atoms with Gasteiger partial charge in [0.1, 0.15) is 0 Å². The second-order valence-electron chi connectivity index (χ2n) is 2.28. The van der Waals surface area contributed by atoms with Gasteiger partial charge in [-0.15, -0.1) is 0 Å². The minimum atomic E-state index is 0.624. The van der Waals surface area contributed by atoms with E-state index < -0.39 is 0 Å². The Labute approximate surface area is 53.2 Å². The molecular weight excluding hydrogens is 120 g/mol. The molecule has 0 heterocycles. The first-order chi connectivity index (χ1) is 3.93. The standard InChI is InChI=1S/C6H10OS/c7-8-5-6-3-1-2-4-6/h5-6H,1-4H2. The lowest BCUT2D eigenvalue weighted by Gasteiger charge is -1.92. The molecule has 46 valence electrons. The van der Waals surface area contributed by atoms with Gasteiger partial charge >= 0.3 is 0 Å². The Bertz CT molecular complexity index is 110. The summed E-state index contributed by atoms with van der Waals surface area (Å²) in [6, 6.07) is 0. The van der Waals surface area contributed by atoms with Gasteiger partial charge in [-0.25, -0.2) is 4.21 Å². The highest BCUT2D eigenvalue weighted by Crippen LogP contribution is 2.22. The van der Waals surface area contributed by atoms with Crippen molar-refractivity contribution in [3.05, 3.63) is 0 Å². The normalized spacial score (nSPS) is 21.0. The maximum absolute atomic E-state index is 9.95. The smallest absolute Gasteiger partial charge is 0.0843 e. The van der Waals surface area contributed by atoms with Crippen molar-refractivity contribution in [2.45, 2.75) is 25.7 Å². The summed E-state index contributed by atoms with van der Waals surface area (Å²) >= 11 is 0.624. The first-order valence-corrected chi connectivity index (χ1v) is 3.86. The summed E-state index contributed by atoms with van der Waals surface area (Å²) in [6.45, 7) is 0. The molecular formula is C6H10OS. The van der Waals surface area contributed by atoms with E-state index in [0.29, 0.717) is 17.2 Å². The zero-order chi connectivity index (χ0) is 5.82. The van der Waals surface area contributed by atoms with Crippen LogP contribution in [0.3, 0.4) is 0 Å². The zero-order valence-corrected chi connectivity index (χ0v) is 5.62. The van der Waals surface area contributed by atoms with Crippen molar-refractivity contribution in [3.63, 3.8) is 0 Å². The molecule has 0 radical (unpaired) electrons. The van der Waals surface area contributed by atoms with Gasteiger partial charge in [-0.2, -0.15) is 0 Å². The predicted molar refractivity (Wildman–Crippen MR) is 36.2 cm³/mol. The predicted octanol–water partition coefficient (Wildman–Crippen LogP) is 1.19. The fourth-order valence-electron chi connectivity index (χ4n) is 1.17. The van der Waals surface area contributed by atoms with Crippen molar-refractivity contribution < 1.29 is 4.21 Å². The van der Waals surface area contributed by atoms with Crippen molar-refractivity contribution in [2.24, 2.45) is 5.92 Å². The van der Waals surface area contributed by atoms with Gasteiger partial charge < -0.3 is 0 Å². The summed E-state index contributed by atoms with van der Waals surface area (Å²) in [4.78, 5) is 0. The van der Waals surface area contributed by atoms with E-state index in [1.807, 2.05) is 5.37 Å². The topological polar surface area (TPSA) is 17.1 Å². The van der Waals surface area contributed by atoms with Crippen LogP contribution in [0.25, 0.3) is 0 Å². The fourth-order valence-corrected chi connectivity index (χ4v) is 1.60. The molecule has 0 atom stereocenters. The molecule has 1 fully saturated rings. The van der Waals surface area contributed by atoms with Crippen LogP contribution in [-0.4, -0.2) is 9.58 Å². The largest absolute Gasteiger partial charge is 0.213 e. The fraction of sp³-hybridized carbons (Fsp3) is 0.833. The Kier molecular flexibility index (Phi) is 2.27. The van der Waals surface area contributed by atoms with E-state index in [4.69, 9.17) is 0 Å². The van der Waals surface area contributed by atoms with Crippen molar-refractivity contribution in [1.29, 1.82) is 0 Å². The molecule has 0 saturated heterocycles. The number of rotatable bonds is 1. The average molecular weight is 130 g/mol. The molecule has 0 aromatic heterocycles. The minimum absolute atomic E-state index is 0.624. The van der Waals surface area contributed by atoms with Gasteiger partial charge in [0.2, 0.25) is 0 Å². The molecule has 1 nitrogen and oxygen atoms in total. The quantitative estimate of drug-likeness (QED) is 0.487. The van der Waals surface area contributed by atoms with Crippen LogP contribution in [0.2, 0.25) is 0 Å². The van der Waals surface area contributed by atoms with Gasteiger partial charge in [0, 0.05) is 5.37 Å². The van der Waals surface area contributed by atoms with Crippen LogP contribution in [0.4, 0.5) is 0 Å². The number of hydrogen-bond donors (Lipinski definition) is 0. The highest BCUT2D eigenvalue weighted by Gasteiger charge is 2.11. The lowest BCUT2D eigenvalue weighted by atomic mass is 10.1. The summed E-state index contributed by atoms with van der Waals surface area (Å²) in [5, 5.41) is 1.83. The van der Waals surface area contributed by atoms with Gasteiger partial charge in [-0.1, -0.05) is 12.8 Å². The first kappa shape index (κ1) is 6.02. The van der Waals surface area contributed by atoms with Crippen LogP contribution >= 0.6 is 0 Å². The highest BCUT2D eigenvalue weighted by atomic mass is 32.1.